The third-order valence-corrected chi connectivity index (χ3v) is 6.81. The van der Waals surface area contributed by atoms with Crippen molar-refractivity contribution in [2.45, 2.75) is 18.5 Å². The zero-order chi connectivity index (χ0) is 24.9. The van der Waals surface area contributed by atoms with Crippen LogP contribution in [0.25, 0.3) is 11.1 Å². The first-order valence-electron chi connectivity index (χ1n) is 11.4. The normalized spacial score (nSPS) is 19.4. The minimum Gasteiger partial charge on any atom is -0.496 e. The highest BCUT2D eigenvalue weighted by Gasteiger charge is 2.48. The van der Waals surface area contributed by atoms with Crippen LogP contribution in [0.5, 0.6) is 5.75 Å². The van der Waals surface area contributed by atoms with Gasteiger partial charge < -0.3 is 19.1 Å². The number of halogens is 1. The Kier molecular flexibility index (Phi) is 7.73. The molecule has 1 fully saturated rings. The number of likely N-dealkylation sites (tertiary alicyclic amines) is 1. The molecule has 3 atom stereocenters. The van der Waals surface area contributed by atoms with E-state index in [1.54, 1.807) is 37.3 Å². The number of hydrogen-bond acceptors (Lipinski definition) is 5. The standard InChI is InChI=1S/C28H28ClNO5/c1-33-17-20-16-24(28(32)35-3)30(26(20)22-9-4-6-10-23(22)29)27(31)19-14-12-18(13-15-19)21-8-5-7-11-25(21)34-2/h4-15,20,24,26H,16-17H2,1-3H3/t20-,24+,26-/m1/s1. The predicted octanol–water partition coefficient (Wildman–Crippen LogP) is 5.41. The summed E-state index contributed by atoms with van der Waals surface area (Å²) < 4.78 is 16.0. The highest BCUT2D eigenvalue weighted by Crippen LogP contribution is 2.44. The summed E-state index contributed by atoms with van der Waals surface area (Å²) in [5.41, 5.74) is 3.09. The molecule has 0 bridgehead atoms. The van der Waals surface area contributed by atoms with Crippen LogP contribution in [0.2, 0.25) is 5.02 Å². The Hall–Kier alpha value is -3.35. The number of para-hydroxylation sites is 1. The van der Waals surface area contributed by atoms with E-state index in [0.717, 1.165) is 22.4 Å². The van der Waals surface area contributed by atoms with Crippen molar-refractivity contribution in [3.05, 3.63) is 88.9 Å². The maximum absolute atomic E-state index is 13.9. The molecule has 0 unspecified atom stereocenters. The zero-order valence-corrected chi connectivity index (χ0v) is 20.7. The van der Waals surface area contributed by atoms with Gasteiger partial charge in [-0.3, -0.25) is 4.79 Å². The highest BCUT2D eigenvalue weighted by molar-refractivity contribution is 6.31. The molecule has 0 radical (unpaired) electrons. The van der Waals surface area contributed by atoms with Crippen molar-refractivity contribution in [2.24, 2.45) is 5.92 Å². The monoisotopic (exact) mass is 493 g/mol. The molecule has 3 aromatic rings. The van der Waals surface area contributed by atoms with Crippen LogP contribution in [0.1, 0.15) is 28.4 Å². The lowest BCUT2D eigenvalue weighted by Crippen LogP contribution is -2.42. The molecule has 1 heterocycles. The van der Waals surface area contributed by atoms with Gasteiger partial charge >= 0.3 is 5.97 Å². The average Bonchev–Trinajstić information content (AvgIpc) is 3.27. The van der Waals surface area contributed by atoms with E-state index in [2.05, 4.69) is 0 Å². The van der Waals surface area contributed by atoms with Crippen molar-refractivity contribution in [2.75, 3.05) is 27.9 Å². The number of amides is 1. The van der Waals surface area contributed by atoms with E-state index in [9.17, 15) is 9.59 Å². The van der Waals surface area contributed by atoms with Crippen molar-refractivity contribution in [3.8, 4) is 16.9 Å². The zero-order valence-electron chi connectivity index (χ0n) is 19.9. The van der Waals surface area contributed by atoms with Crippen LogP contribution >= 0.6 is 11.6 Å². The topological polar surface area (TPSA) is 65.1 Å². The number of hydrogen-bond donors (Lipinski definition) is 0. The van der Waals surface area contributed by atoms with Gasteiger partial charge in [0, 0.05) is 29.2 Å². The number of rotatable bonds is 7. The molecule has 0 aromatic heterocycles. The fraction of sp³-hybridized carbons (Fsp3) is 0.286. The van der Waals surface area contributed by atoms with Gasteiger partial charge in [-0.1, -0.05) is 60.1 Å². The molecule has 1 aliphatic rings. The molecule has 182 valence electrons. The average molecular weight is 494 g/mol. The van der Waals surface area contributed by atoms with Gasteiger partial charge in [-0.25, -0.2) is 4.79 Å². The van der Waals surface area contributed by atoms with E-state index >= 15 is 0 Å². The third-order valence-electron chi connectivity index (χ3n) is 6.47. The molecule has 1 aliphatic heterocycles. The molecule has 4 rings (SSSR count). The van der Waals surface area contributed by atoms with Crippen LogP contribution in [-0.4, -0.2) is 50.8 Å². The van der Waals surface area contributed by atoms with E-state index in [-0.39, 0.29) is 11.8 Å². The Balaban J connectivity index is 1.74. The third kappa shape index (κ3) is 4.90. The Morgan fingerprint density at radius 3 is 2.29 bits per heavy atom. The van der Waals surface area contributed by atoms with Gasteiger partial charge in [0.2, 0.25) is 0 Å². The van der Waals surface area contributed by atoms with E-state index in [1.807, 2.05) is 54.6 Å². The maximum Gasteiger partial charge on any atom is 0.328 e. The van der Waals surface area contributed by atoms with Crippen molar-refractivity contribution in [1.82, 2.24) is 4.90 Å². The minimum atomic E-state index is -0.747. The van der Waals surface area contributed by atoms with Gasteiger partial charge in [-0.2, -0.15) is 0 Å². The van der Waals surface area contributed by atoms with Crippen molar-refractivity contribution in [1.29, 1.82) is 0 Å². The molecule has 35 heavy (non-hydrogen) atoms. The number of methoxy groups -OCH3 is 3. The SMILES string of the molecule is COC[C@H]1C[C@@H](C(=O)OC)N(C(=O)c2ccc(-c3ccccc3OC)cc2)[C@H]1c1ccccc1Cl. The van der Waals surface area contributed by atoms with Crippen molar-refractivity contribution in [3.63, 3.8) is 0 Å². The highest BCUT2D eigenvalue weighted by atomic mass is 35.5. The minimum absolute atomic E-state index is 0.124. The summed E-state index contributed by atoms with van der Waals surface area (Å²) >= 11 is 6.56. The molecule has 6 nitrogen and oxygen atoms in total. The summed E-state index contributed by atoms with van der Waals surface area (Å²) in [5.74, 6) is -0.103. The Morgan fingerprint density at radius 2 is 1.63 bits per heavy atom. The van der Waals surface area contributed by atoms with Crippen LogP contribution in [0.4, 0.5) is 0 Å². The van der Waals surface area contributed by atoms with Gasteiger partial charge in [0.15, 0.2) is 0 Å². The first-order valence-corrected chi connectivity index (χ1v) is 11.7. The van der Waals surface area contributed by atoms with Crippen LogP contribution in [0.15, 0.2) is 72.8 Å². The summed E-state index contributed by atoms with van der Waals surface area (Å²) in [6, 6.07) is 21.2. The molecule has 0 N–H and O–H groups in total. The van der Waals surface area contributed by atoms with Crippen LogP contribution < -0.4 is 4.74 Å². The van der Waals surface area contributed by atoms with E-state index < -0.39 is 18.1 Å². The fourth-order valence-electron chi connectivity index (χ4n) is 4.88. The van der Waals surface area contributed by atoms with Gasteiger partial charge in [0.05, 0.1) is 26.9 Å². The quantitative estimate of drug-likeness (QED) is 0.412. The number of esters is 1. The van der Waals surface area contributed by atoms with E-state index in [1.165, 1.54) is 7.11 Å². The van der Waals surface area contributed by atoms with Crippen molar-refractivity contribution < 1.29 is 23.8 Å². The first-order chi connectivity index (χ1) is 17.0. The number of benzene rings is 3. The Labute approximate surface area is 210 Å². The molecule has 7 heteroatoms. The summed E-state index contributed by atoms with van der Waals surface area (Å²) in [6.45, 7) is 0.375. The van der Waals surface area contributed by atoms with Crippen LogP contribution in [-0.2, 0) is 14.3 Å². The fourth-order valence-corrected chi connectivity index (χ4v) is 5.13. The first kappa shape index (κ1) is 24.8. The van der Waals surface area contributed by atoms with Gasteiger partial charge in [-0.15, -0.1) is 0 Å². The second-order valence-electron chi connectivity index (χ2n) is 8.45. The van der Waals surface area contributed by atoms with E-state index in [0.29, 0.717) is 23.6 Å². The van der Waals surface area contributed by atoms with Gasteiger partial charge in [-0.05, 0) is 41.8 Å². The Bertz CT molecular complexity index is 1200. The predicted molar refractivity (Wildman–Crippen MR) is 135 cm³/mol. The lowest BCUT2D eigenvalue weighted by Gasteiger charge is -2.31. The van der Waals surface area contributed by atoms with Gasteiger partial charge in [0.25, 0.3) is 5.91 Å². The summed E-state index contributed by atoms with van der Waals surface area (Å²) in [7, 11) is 4.57. The van der Waals surface area contributed by atoms with Crippen molar-refractivity contribution >= 4 is 23.5 Å². The maximum atomic E-state index is 13.9. The number of carbonyl (C=O) groups excluding carboxylic acids is 2. The molecule has 1 amide bonds. The van der Waals surface area contributed by atoms with E-state index in [4.69, 9.17) is 25.8 Å². The summed E-state index contributed by atoms with van der Waals surface area (Å²) in [6.07, 6.45) is 0.418. The Morgan fingerprint density at radius 1 is 0.943 bits per heavy atom. The lowest BCUT2D eigenvalue weighted by atomic mass is 9.93. The lowest BCUT2D eigenvalue weighted by molar-refractivity contribution is -0.145. The second-order valence-corrected chi connectivity index (χ2v) is 8.85. The molecule has 3 aromatic carbocycles. The molecular weight excluding hydrogens is 466 g/mol. The van der Waals surface area contributed by atoms with Crippen LogP contribution in [0, 0.1) is 5.92 Å². The summed E-state index contributed by atoms with van der Waals surface area (Å²) in [5, 5.41) is 0.536. The molecular formula is C28H28ClNO5. The second kappa shape index (κ2) is 10.9. The van der Waals surface area contributed by atoms with Crippen LogP contribution in [0.3, 0.4) is 0 Å². The molecule has 0 saturated carbocycles. The molecule has 0 aliphatic carbocycles. The number of ether oxygens (including phenoxy) is 3. The summed E-state index contributed by atoms with van der Waals surface area (Å²) in [4.78, 5) is 28.3. The number of carbonyl (C=O) groups is 2. The smallest absolute Gasteiger partial charge is 0.328 e. The van der Waals surface area contributed by atoms with Gasteiger partial charge in [0.1, 0.15) is 11.8 Å². The molecule has 0 spiro atoms. The molecule has 1 saturated heterocycles. The largest absolute Gasteiger partial charge is 0.496 e. The number of nitrogens with zero attached hydrogens (tertiary/aromatic N) is 1.